The van der Waals surface area contributed by atoms with Gasteiger partial charge in [0.2, 0.25) is 0 Å². The molecule has 5 heteroatoms. The summed E-state index contributed by atoms with van der Waals surface area (Å²) in [4.78, 5) is 1.79. The van der Waals surface area contributed by atoms with E-state index in [9.17, 15) is 8.78 Å². The molecule has 1 fully saturated rings. The van der Waals surface area contributed by atoms with Crippen LogP contribution in [0, 0.1) is 11.6 Å². The van der Waals surface area contributed by atoms with Crippen molar-refractivity contribution in [3.63, 3.8) is 0 Å². The molecule has 1 aliphatic heterocycles. The Morgan fingerprint density at radius 2 is 1.94 bits per heavy atom. The summed E-state index contributed by atoms with van der Waals surface area (Å²) in [6.07, 6.45) is 0. The van der Waals surface area contributed by atoms with Gasteiger partial charge in [0, 0.05) is 35.2 Å². The molecule has 1 unspecified atom stereocenters. The Morgan fingerprint density at radius 1 is 1.29 bits per heavy atom. The largest absolute Gasteiger partial charge is 0.378 e. The molecule has 1 saturated heterocycles. The molecule has 0 N–H and O–H groups in total. The van der Waals surface area contributed by atoms with Crippen molar-refractivity contribution in [2.45, 2.75) is 11.8 Å². The summed E-state index contributed by atoms with van der Waals surface area (Å²) in [7, 11) is 0. The second-order valence-corrected chi connectivity index (χ2v) is 5.42. The van der Waals surface area contributed by atoms with E-state index in [0.29, 0.717) is 37.6 Å². The minimum atomic E-state index is -0.796. The average Bonchev–Trinajstić information content (AvgIpc) is 2.33. The molecule has 0 radical (unpaired) electrons. The van der Waals surface area contributed by atoms with Crippen LogP contribution >= 0.6 is 15.9 Å². The molecule has 1 aromatic rings. The third kappa shape index (κ3) is 2.77. The van der Waals surface area contributed by atoms with Gasteiger partial charge in [-0.3, -0.25) is 0 Å². The normalized spacial score (nSPS) is 18.2. The maximum atomic E-state index is 13.6. The summed E-state index contributed by atoms with van der Waals surface area (Å²) in [6.45, 7) is 4.44. The van der Waals surface area contributed by atoms with Crippen LogP contribution in [0.4, 0.5) is 14.5 Å². The van der Waals surface area contributed by atoms with Crippen LogP contribution in [0.2, 0.25) is 0 Å². The Morgan fingerprint density at radius 3 is 2.53 bits per heavy atom. The van der Waals surface area contributed by atoms with E-state index in [1.165, 1.54) is 6.07 Å². The van der Waals surface area contributed by atoms with Crippen molar-refractivity contribution in [2.75, 3.05) is 31.2 Å². The molecule has 2 rings (SSSR count). The van der Waals surface area contributed by atoms with Gasteiger partial charge in [-0.05, 0) is 13.0 Å². The van der Waals surface area contributed by atoms with Crippen LogP contribution in [-0.2, 0) is 4.74 Å². The van der Waals surface area contributed by atoms with E-state index in [0.717, 1.165) is 0 Å². The van der Waals surface area contributed by atoms with Crippen molar-refractivity contribution in [3.05, 3.63) is 29.3 Å². The zero-order valence-corrected chi connectivity index (χ0v) is 11.1. The molecule has 1 aliphatic rings. The molecule has 1 aromatic carbocycles. The fraction of sp³-hybridized carbons (Fsp3) is 0.500. The number of rotatable bonds is 2. The highest BCUT2D eigenvalue weighted by atomic mass is 79.9. The van der Waals surface area contributed by atoms with Crippen LogP contribution in [0.25, 0.3) is 0 Å². The average molecular weight is 306 g/mol. The van der Waals surface area contributed by atoms with Crippen molar-refractivity contribution < 1.29 is 13.5 Å². The topological polar surface area (TPSA) is 12.5 Å². The van der Waals surface area contributed by atoms with Crippen LogP contribution in [0.1, 0.15) is 17.3 Å². The Hall–Kier alpha value is -0.680. The van der Waals surface area contributed by atoms with E-state index in [2.05, 4.69) is 15.9 Å². The Bertz CT molecular complexity index is 406. The molecule has 0 spiro atoms. The number of hydrogen-bond donors (Lipinski definition) is 0. The molecule has 0 aliphatic carbocycles. The first-order valence-corrected chi connectivity index (χ1v) is 6.47. The second-order valence-electron chi connectivity index (χ2n) is 4.05. The first-order valence-electron chi connectivity index (χ1n) is 5.55. The van der Waals surface area contributed by atoms with Crippen molar-refractivity contribution in [2.24, 2.45) is 0 Å². The quantitative estimate of drug-likeness (QED) is 0.778. The number of alkyl halides is 1. The maximum Gasteiger partial charge on any atom is 0.163 e. The third-order valence-corrected chi connectivity index (χ3v) is 3.34. The summed E-state index contributed by atoms with van der Waals surface area (Å²) in [5.74, 6) is -1.57. The summed E-state index contributed by atoms with van der Waals surface area (Å²) < 4.78 is 32.3. The van der Waals surface area contributed by atoms with Gasteiger partial charge in [-0.2, -0.15) is 0 Å². The fourth-order valence-electron chi connectivity index (χ4n) is 1.89. The molecule has 1 heterocycles. The van der Waals surface area contributed by atoms with Crippen LogP contribution in [0.15, 0.2) is 12.1 Å². The van der Waals surface area contributed by atoms with Crippen LogP contribution in [0.5, 0.6) is 0 Å². The first kappa shape index (κ1) is 12.8. The van der Waals surface area contributed by atoms with Crippen molar-refractivity contribution in [3.8, 4) is 0 Å². The molecule has 17 heavy (non-hydrogen) atoms. The molecule has 0 bridgehead atoms. The fourth-order valence-corrected chi connectivity index (χ4v) is 2.22. The molecule has 2 nitrogen and oxygen atoms in total. The molecular formula is C12H14BrF2NO. The standard InChI is InChI=1S/C12H14BrF2NO/c1-8(13)10-6-9(7-11(14)12(10)15)16-2-4-17-5-3-16/h6-8H,2-5H2,1H3. The van der Waals surface area contributed by atoms with E-state index in [1.54, 1.807) is 13.0 Å². The van der Waals surface area contributed by atoms with Gasteiger partial charge in [-0.1, -0.05) is 15.9 Å². The number of nitrogens with zero attached hydrogens (tertiary/aromatic N) is 1. The minimum Gasteiger partial charge on any atom is -0.378 e. The summed E-state index contributed by atoms with van der Waals surface area (Å²) in [5, 5.41) is 0. The third-order valence-electron chi connectivity index (χ3n) is 2.85. The zero-order chi connectivity index (χ0) is 12.4. The number of halogens is 3. The molecule has 1 atom stereocenters. The van der Waals surface area contributed by atoms with E-state index >= 15 is 0 Å². The number of ether oxygens (including phenoxy) is 1. The number of anilines is 1. The van der Waals surface area contributed by atoms with Gasteiger partial charge in [-0.25, -0.2) is 8.78 Å². The first-order chi connectivity index (χ1) is 8.09. The Labute approximate surface area is 108 Å². The summed E-state index contributed by atoms with van der Waals surface area (Å²) in [5.41, 5.74) is 1.07. The van der Waals surface area contributed by atoms with E-state index in [1.807, 2.05) is 4.90 Å². The predicted molar refractivity (Wildman–Crippen MR) is 66.7 cm³/mol. The molecular weight excluding hydrogens is 292 g/mol. The van der Waals surface area contributed by atoms with E-state index < -0.39 is 11.6 Å². The highest BCUT2D eigenvalue weighted by molar-refractivity contribution is 9.09. The second kappa shape index (κ2) is 5.31. The lowest BCUT2D eigenvalue weighted by atomic mass is 10.1. The van der Waals surface area contributed by atoms with Gasteiger partial charge in [0.15, 0.2) is 11.6 Å². The molecule has 0 saturated carbocycles. The lowest BCUT2D eigenvalue weighted by Gasteiger charge is -2.29. The van der Waals surface area contributed by atoms with E-state index in [-0.39, 0.29) is 4.83 Å². The van der Waals surface area contributed by atoms with Crippen molar-refractivity contribution >= 4 is 21.6 Å². The SMILES string of the molecule is CC(Br)c1cc(N2CCOCC2)cc(F)c1F. The summed E-state index contributed by atoms with van der Waals surface area (Å²) >= 11 is 3.28. The smallest absolute Gasteiger partial charge is 0.163 e. The minimum absolute atomic E-state index is 0.210. The highest BCUT2D eigenvalue weighted by Crippen LogP contribution is 2.30. The lowest BCUT2D eigenvalue weighted by molar-refractivity contribution is 0.122. The highest BCUT2D eigenvalue weighted by Gasteiger charge is 2.18. The van der Waals surface area contributed by atoms with Crippen LogP contribution in [-0.4, -0.2) is 26.3 Å². The van der Waals surface area contributed by atoms with Gasteiger partial charge in [0.1, 0.15) is 0 Å². The molecule has 0 aromatic heterocycles. The number of hydrogen-bond acceptors (Lipinski definition) is 2. The van der Waals surface area contributed by atoms with Gasteiger partial charge in [0.25, 0.3) is 0 Å². The lowest BCUT2D eigenvalue weighted by Crippen LogP contribution is -2.36. The van der Waals surface area contributed by atoms with Crippen LogP contribution in [0.3, 0.4) is 0 Å². The molecule has 94 valence electrons. The van der Waals surface area contributed by atoms with Crippen LogP contribution < -0.4 is 4.90 Å². The van der Waals surface area contributed by atoms with Gasteiger partial charge < -0.3 is 9.64 Å². The van der Waals surface area contributed by atoms with Gasteiger partial charge in [-0.15, -0.1) is 0 Å². The molecule has 0 amide bonds. The van der Waals surface area contributed by atoms with E-state index in [4.69, 9.17) is 4.74 Å². The monoisotopic (exact) mass is 305 g/mol. The van der Waals surface area contributed by atoms with Crippen molar-refractivity contribution in [1.82, 2.24) is 0 Å². The van der Waals surface area contributed by atoms with Gasteiger partial charge in [0.05, 0.1) is 13.2 Å². The van der Waals surface area contributed by atoms with Crippen molar-refractivity contribution in [1.29, 1.82) is 0 Å². The number of benzene rings is 1. The zero-order valence-electron chi connectivity index (χ0n) is 9.55. The predicted octanol–water partition coefficient (Wildman–Crippen LogP) is 3.26. The Kier molecular flexibility index (Phi) is 3.99. The Balaban J connectivity index is 2.34. The maximum absolute atomic E-state index is 13.6. The number of morpholine rings is 1. The summed E-state index contributed by atoms with van der Waals surface area (Å²) in [6, 6.07) is 2.95. The van der Waals surface area contributed by atoms with Gasteiger partial charge >= 0.3 is 0 Å².